The van der Waals surface area contributed by atoms with Gasteiger partial charge in [0.1, 0.15) is 5.65 Å². The van der Waals surface area contributed by atoms with Crippen LogP contribution in [0.3, 0.4) is 0 Å². The van der Waals surface area contributed by atoms with Gasteiger partial charge in [-0.05, 0) is 38.8 Å². The van der Waals surface area contributed by atoms with Crippen LogP contribution in [-0.4, -0.2) is 34.2 Å². The van der Waals surface area contributed by atoms with Crippen LogP contribution in [-0.2, 0) is 10.0 Å². The number of imidazole rings is 1. The van der Waals surface area contributed by atoms with E-state index in [4.69, 9.17) is 11.6 Å². The fourth-order valence-corrected chi connectivity index (χ4v) is 5.26. The highest BCUT2D eigenvalue weighted by atomic mass is 35.5. The van der Waals surface area contributed by atoms with Crippen molar-refractivity contribution in [2.45, 2.75) is 37.3 Å². The summed E-state index contributed by atoms with van der Waals surface area (Å²) in [6.45, 7) is 4.40. The summed E-state index contributed by atoms with van der Waals surface area (Å²) in [4.78, 5) is 4.12. The Morgan fingerprint density at radius 3 is 2.75 bits per heavy atom. The molecule has 0 aliphatic carbocycles. The van der Waals surface area contributed by atoms with Gasteiger partial charge in [-0.3, -0.25) is 4.40 Å². The maximum absolute atomic E-state index is 12.9. The van der Waals surface area contributed by atoms with Gasteiger partial charge in [0.15, 0.2) is 10.2 Å². The molecule has 2 aromatic rings. The molecule has 1 aliphatic rings. The summed E-state index contributed by atoms with van der Waals surface area (Å²) < 4.78 is 28.9. The third kappa shape index (κ3) is 1.94. The van der Waals surface area contributed by atoms with Gasteiger partial charge in [-0.1, -0.05) is 17.7 Å². The molecule has 1 fully saturated rings. The monoisotopic (exact) mass is 313 g/mol. The number of sulfonamides is 1. The summed E-state index contributed by atoms with van der Waals surface area (Å²) >= 11 is 6.09. The lowest BCUT2D eigenvalue weighted by Crippen LogP contribution is -2.43. The molecule has 0 bridgehead atoms. The van der Waals surface area contributed by atoms with Crippen LogP contribution in [0, 0.1) is 0 Å². The number of aromatic nitrogens is 2. The van der Waals surface area contributed by atoms with Gasteiger partial charge in [-0.25, -0.2) is 13.4 Å². The Morgan fingerprint density at radius 1 is 1.35 bits per heavy atom. The highest BCUT2D eigenvalue weighted by molar-refractivity contribution is 7.89. The van der Waals surface area contributed by atoms with E-state index in [0.717, 1.165) is 12.8 Å². The zero-order chi connectivity index (χ0) is 14.5. The van der Waals surface area contributed by atoms with Crippen molar-refractivity contribution in [2.75, 3.05) is 6.54 Å². The topological polar surface area (TPSA) is 54.7 Å². The molecule has 0 N–H and O–H groups in total. The molecule has 0 radical (unpaired) electrons. The molecule has 0 aromatic carbocycles. The predicted octanol–water partition coefficient (Wildman–Crippen LogP) is 2.55. The zero-order valence-corrected chi connectivity index (χ0v) is 12.9. The van der Waals surface area contributed by atoms with E-state index in [1.165, 1.54) is 8.71 Å². The molecular formula is C13H16ClN3O2S. The Kier molecular flexibility index (Phi) is 3.08. The third-order valence-corrected chi connectivity index (χ3v) is 6.32. The highest BCUT2D eigenvalue weighted by Gasteiger charge is 2.43. The van der Waals surface area contributed by atoms with Crippen molar-refractivity contribution in [2.24, 2.45) is 0 Å². The first-order valence-electron chi connectivity index (χ1n) is 6.49. The summed E-state index contributed by atoms with van der Waals surface area (Å²) in [5.41, 5.74) is 0.147. The van der Waals surface area contributed by atoms with Crippen molar-refractivity contribution in [3.63, 3.8) is 0 Å². The number of hydrogen-bond donors (Lipinski definition) is 0. The van der Waals surface area contributed by atoms with E-state index < -0.39 is 10.0 Å². The summed E-state index contributed by atoms with van der Waals surface area (Å²) in [5, 5.41) is 0.0867. The molecule has 108 valence electrons. The van der Waals surface area contributed by atoms with Crippen molar-refractivity contribution in [3.05, 3.63) is 29.5 Å². The molecule has 3 rings (SSSR count). The number of nitrogens with zero attached hydrogens (tertiary/aromatic N) is 3. The first-order valence-corrected chi connectivity index (χ1v) is 8.31. The Morgan fingerprint density at radius 2 is 2.10 bits per heavy atom. The van der Waals surface area contributed by atoms with Crippen molar-refractivity contribution < 1.29 is 8.42 Å². The second-order valence-electron chi connectivity index (χ2n) is 5.63. The lowest BCUT2D eigenvalue weighted by Gasteiger charge is -2.30. The van der Waals surface area contributed by atoms with Crippen LogP contribution in [0.4, 0.5) is 0 Å². The molecular weight excluding hydrogens is 298 g/mol. The van der Waals surface area contributed by atoms with E-state index in [-0.39, 0.29) is 15.7 Å². The van der Waals surface area contributed by atoms with E-state index in [1.54, 1.807) is 24.4 Å². The quantitative estimate of drug-likeness (QED) is 0.856. The van der Waals surface area contributed by atoms with Gasteiger partial charge in [-0.2, -0.15) is 4.31 Å². The number of pyridine rings is 1. The zero-order valence-electron chi connectivity index (χ0n) is 11.4. The minimum Gasteiger partial charge on any atom is -0.288 e. The maximum atomic E-state index is 12.9. The van der Waals surface area contributed by atoms with Gasteiger partial charge < -0.3 is 0 Å². The standard InChI is InChI=1S/C13H16ClN3O2S/c1-13(2)7-5-9-17(13)20(18,19)12-11(14)15-10-6-3-4-8-16(10)12/h3-4,6,8H,5,7,9H2,1-2H3. The summed E-state index contributed by atoms with van der Waals surface area (Å²) in [6, 6.07) is 5.30. The number of hydrogen-bond acceptors (Lipinski definition) is 3. The SMILES string of the molecule is CC1(C)CCCN1S(=O)(=O)c1c(Cl)nc2ccccn12. The van der Waals surface area contributed by atoms with Crippen LogP contribution in [0.2, 0.25) is 5.15 Å². The number of fused-ring (bicyclic) bond motifs is 1. The fourth-order valence-electron chi connectivity index (χ4n) is 2.81. The minimum absolute atomic E-state index is 0.0268. The Bertz CT molecular complexity index is 767. The smallest absolute Gasteiger partial charge is 0.262 e. The summed E-state index contributed by atoms with van der Waals surface area (Å²) in [6.07, 6.45) is 3.38. The van der Waals surface area contributed by atoms with Crippen LogP contribution in [0.15, 0.2) is 29.4 Å². The Balaban J connectivity index is 2.22. The fraction of sp³-hybridized carbons (Fsp3) is 0.462. The van der Waals surface area contributed by atoms with E-state index in [2.05, 4.69) is 4.98 Å². The predicted molar refractivity (Wildman–Crippen MR) is 77.4 cm³/mol. The van der Waals surface area contributed by atoms with Crippen LogP contribution in [0.1, 0.15) is 26.7 Å². The molecule has 2 aromatic heterocycles. The van der Waals surface area contributed by atoms with Gasteiger partial charge >= 0.3 is 0 Å². The molecule has 5 nitrogen and oxygen atoms in total. The minimum atomic E-state index is -3.66. The van der Waals surface area contributed by atoms with Crippen molar-refractivity contribution >= 4 is 27.3 Å². The normalized spacial score (nSPS) is 19.8. The summed E-state index contributed by atoms with van der Waals surface area (Å²) in [5.74, 6) is 0. The molecule has 0 spiro atoms. The molecule has 7 heteroatoms. The molecule has 0 unspecified atom stereocenters. The van der Waals surface area contributed by atoms with Gasteiger partial charge in [0.25, 0.3) is 10.0 Å². The second-order valence-corrected chi connectivity index (χ2v) is 7.77. The van der Waals surface area contributed by atoms with Crippen molar-refractivity contribution in [1.29, 1.82) is 0 Å². The van der Waals surface area contributed by atoms with Crippen LogP contribution >= 0.6 is 11.6 Å². The molecule has 3 heterocycles. The van der Waals surface area contributed by atoms with E-state index in [0.29, 0.717) is 12.2 Å². The van der Waals surface area contributed by atoms with Crippen LogP contribution in [0.5, 0.6) is 0 Å². The molecule has 20 heavy (non-hydrogen) atoms. The Hall–Kier alpha value is -1.11. The first-order chi connectivity index (χ1) is 9.34. The maximum Gasteiger partial charge on any atom is 0.262 e. The van der Waals surface area contributed by atoms with Gasteiger partial charge in [0, 0.05) is 18.3 Å². The first kappa shape index (κ1) is 13.9. The molecule has 0 saturated carbocycles. The van der Waals surface area contributed by atoms with Gasteiger partial charge in [-0.15, -0.1) is 0 Å². The third-order valence-electron chi connectivity index (χ3n) is 3.81. The molecule has 0 atom stereocenters. The van der Waals surface area contributed by atoms with Gasteiger partial charge in [0.05, 0.1) is 0 Å². The van der Waals surface area contributed by atoms with Crippen molar-refractivity contribution in [1.82, 2.24) is 13.7 Å². The lowest BCUT2D eigenvalue weighted by atomic mass is 10.0. The van der Waals surface area contributed by atoms with E-state index in [1.807, 2.05) is 13.8 Å². The van der Waals surface area contributed by atoms with Gasteiger partial charge in [0.2, 0.25) is 0 Å². The molecule has 1 saturated heterocycles. The number of rotatable bonds is 2. The molecule has 0 amide bonds. The largest absolute Gasteiger partial charge is 0.288 e. The van der Waals surface area contributed by atoms with E-state index >= 15 is 0 Å². The summed E-state index contributed by atoms with van der Waals surface area (Å²) in [7, 11) is -3.66. The highest BCUT2D eigenvalue weighted by Crippen LogP contribution is 2.36. The number of halogens is 1. The second kappa shape index (κ2) is 4.44. The van der Waals surface area contributed by atoms with Crippen molar-refractivity contribution in [3.8, 4) is 0 Å². The van der Waals surface area contributed by atoms with Crippen LogP contribution < -0.4 is 0 Å². The van der Waals surface area contributed by atoms with E-state index in [9.17, 15) is 8.42 Å². The van der Waals surface area contributed by atoms with Crippen LogP contribution in [0.25, 0.3) is 5.65 Å². The molecule has 1 aliphatic heterocycles. The Labute approximate surface area is 123 Å². The lowest BCUT2D eigenvalue weighted by molar-refractivity contribution is 0.290. The average molecular weight is 314 g/mol. The average Bonchev–Trinajstić information content (AvgIpc) is 2.87.